The van der Waals surface area contributed by atoms with Gasteiger partial charge >= 0.3 is 0 Å². The standard InChI is InChI=1S/C10H10ClNO2/c11-5-6-12-8-3-1-2-4-9(8)14-7-10(12)13/h1-4H,5-7H2. The number of carbonyl (C=O) groups is 1. The molecule has 0 bridgehead atoms. The number of carbonyl (C=O) groups excluding carboxylic acids is 1. The molecule has 0 N–H and O–H groups in total. The summed E-state index contributed by atoms with van der Waals surface area (Å²) in [5.74, 6) is 1.14. The number of anilines is 1. The molecule has 0 fully saturated rings. The van der Waals surface area contributed by atoms with Gasteiger partial charge in [-0.3, -0.25) is 4.79 Å². The highest BCUT2D eigenvalue weighted by atomic mass is 35.5. The van der Waals surface area contributed by atoms with Crippen molar-refractivity contribution in [3.63, 3.8) is 0 Å². The third-order valence-corrected chi connectivity index (χ3v) is 2.29. The summed E-state index contributed by atoms with van der Waals surface area (Å²) >= 11 is 5.63. The molecule has 0 aliphatic carbocycles. The second kappa shape index (κ2) is 3.88. The van der Waals surface area contributed by atoms with Gasteiger partial charge in [0.25, 0.3) is 5.91 Å². The van der Waals surface area contributed by atoms with Crippen LogP contribution in [0.1, 0.15) is 0 Å². The van der Waals surface area contributed by atoms with E-state index in [1.54, 1.807) is 4.90 Å². The molecule has 1 heterocycles. The van der Waals surface area contributed by atoms with Gasteiger partial charge in [-0.2, -0.15) is 0 Å². The maximum Gasteiger partial charge on any atom is 0.265 e. The summed E-state index contributed by atoms with van der Waals surface area (Å²) in [6, 6.07) is 7.47. The zero-order valence-electron chi connectivity index (χ0n) is 7.57. The molecule has 0 atom stereocenters. The molecular weight excluding hydrogens is 202 g/mol. The van der Waals surface area contributed by atoms with Crippen LogP contribution >= 0.6 is 11.6 Å². The summed E-state index contributed by atoms with van der Waals surface area (Å²) < 4.78 is 5.28. The molecule has 3 nitrogen and oxygen atoms in total. The minimum Gasteiger partial charge on any atom is -0.482 e. The Kier molecular flexibility index (Phi) is 2.59. The summed E-state index contributed by atoms with van der Waals surface area (Å²) in [7, 11) is 0. The van der Waals surface area contributed by atoms with E-state index >= 15 is 0 Å². The maximum absolute atomic E-state index is 11.5. The fourth-order valence-electron chi connectivity index (χ4n) is 1.48. The van der Waals surface area contributed by atoms with Crippen LogP contribution in [0.2, 0.25) is 0 Å². The third kappa shape index (κ3) is 1.55. The number of alkyl halides is 1. The molecule has 74 valence electrons. The van der Waals surface area contributed by atoms with Crippen molar-refractivity contribution in [3.8, 4) is 5.75 Å². The minimum absolute atomic E-state index is 0.0376. The lowest BCUT2D eigenvalue weighted by molar-refractivity contribution is -0.121. The Labute approximate surface area is 87.2 Å². The number of nitrogens with zero attached hydrogens (tertiary/aromatic N) is 1. The van der Waals surface area contributed by atoms with Crippen molar-refractivity contribution in [3.05, 3.63) is 24.3 Å². The fraction of sp³-hybridized carbons (Fsp3) is 0.300. The van der Waals surface area contributed by atoms with Crippen molar-refractivity contribution in [2.45, 2.75) is 0 Å². The number of hydrogen-bond acceptors (Lipinski definition) is 2. The van der Waals surface area contributed by atoms with Crippen LogP contribution in [0.3, 0.4) is 0 Å². The Morgan fingerprint density at radius 3 is 3.00 bits per heavy atom. The van der Waals surface area contributed by atoms with E-state index in [1.807, 2.05) is 24.3 Å². The minimum atomic E-state index is -0.0376. The van der Waals surface area contributed by atoms with E-state index < -0.39 is 0 Å². The topological polar surface area (TPSA) is 29.5 Å². The highest BCUT2D eigenvalue weighted by molar-refractivity contribution is 6.18. The monoisotopic (exact) mass is 211 g/mol. The normalized spacial score (nSPS) is 14.9. The van der Waals surface area contributed by atoms with Crippen molar-refractivity contribution in [1.29, 1.82) is 0 Å². The predicted molar refractivity (Wildman–Crippen MR) is 55.0 cm³/mol. The molecule has 1 aliphatic rings. The van der Waals surface area contributed by atoms with Gasteiger partial charge in [-0.15, -0.1) is 11.6 Å². The van der Waals surface area contributed by atoms with E-state index in [-0.39, 0.29) is 12.5 Å². The first kappa shape index (κ1) is 9.34. The lowest BCUT2D eigenvalue weighted by Gasteiger charge is -2.28. The van der Waals surface area contributed by atoms with Crippen LogP contribution in [0.15, 0.2) is 24.3 Å². The zero-order valence-corrected chi connectivity index (χ0v) is 8.33. The molecule has 1 amide bonds. The smallest absolute Gasteiger partial charge is 0.265 e. The van der Waals surface area contributed by atoms with Crippen LogP contribution in [0, 0.1) is 0 Å². The number of fused-ring (bicyclic) bond motifs is 1. The number of rotatable bonds is 2. The Bertz CT molecular complexity index is 354. The first-order valence-corrected chi connectivity index (χ1v) is 4.94. The van der Waals surface area contributed by atoms with Crippen LogP contribution in [0.4, 0.5) is 5.69 Å². The molecule has 1 aromatic carbocycles. The van der Waals surface area contributed by atoms with Crippen LogP contribution in [0.25, 0.3) is 0 Å². The average Bonchev–Trinajstić information content (AvgIpc) is 2.23. The number of amides is 1. The number of halogens is 1. The Morgan fingerprint density at radius 1 is 1.43 bits per heavy atom. The summed E-state index contributed by atoms with van der Waals surface area (Å²) in [4.78, 5) is 13.1. The van der Waals surface area contributed by atoms with Gasteiger partial charge in [0.1, 0.15) is 5.75 Å². The lowest BCUT2D eigenvalue weighted by atomic mass is 10.2. The molecule has 0 saturated heterocycles. The Balaban J connectivity index is 2.36. The number of para-hydroxylation sites is 2. The first-order valence-electron chi connectivity index (χ1n) is 4.41. The number of ether oxygens (including phenoxy) is 1. The molecule has 4 heteroatoms. The molecule has 0 radical (unpaired) electrons. The molecule has 0 aromatic heterocycles. The van der Waals surface area contributed by atoms with Gasteiger partial charge in [0.2, 0.25) is 0 Å². The SMILES string of the molecule is O=C1COc2ccccc2N1CCCl. The van der Waals surface area contributed by atoms with Crippen molar-refractivity contribution in [2.24, 2.45) is 0 Å². The van der Waals surface area contributed by atoms with Crippen molar-refractivity contribution in [1.82, 2.24) is 0 Å². The third-order valence-electron chi connectivity index (χ3n) is 2.12. The Morgan fingerprint density at radius 2 is 2.21 bits per heavy atom. The highest BCUT2D eigenvalue weighted by Crippen LogP contribution is 2.31. The molecule has 1 aromatic rings. The van der Waals surface area contributed by atoms with Gasteiger partial charge in [0, 0.05) is 12.4 Å². The fourth-order valence-corrected chi connectivity index (χ4v) is 1.65. The van der Waals surface area contributed by atoms with Crippen molar-refractivity contribution < 1.29 is 9.53 Å². The van der Waals surface area contributed by atoms with Gasteiger partial charge in [0.05, 0.1) is 5.69 Å². The Hall–Kier alpha value is -1.22. The van der Waals surface area contributed by atoms with E-state index in [4.69, 9.17) is 16.3 Å². The zero-order chi connectivity index (χ0) is 9.97. The highest BCUT2D eigenvalue weighted by Gasteiger charge is 2.23. The van der Waals surface area contributed by atoms with Crippen molar-refractivity contribution >= 4 is 23.2 Å². The maximum atomic E-state index is 11.5. The van der Waals surface area contributed by atoms with Crippen LogP contribution in [-0.2, 0) is 4.79 Å². The van der Waals surface area contributed by atoms with Crippen LogP contribution in [0.5, 0.6) is 5.75 Å². The quantitative estimate of drug-likeness (QED) is 0.697. The molecule has 14 heavy (non-hydrogen) atoms. The molecule has 0 saturated carbocycles. The summed E-state index contributed by atoms with van der Waals surface area (Å²) in [5.41, 5.74) is 0.810. The molecule has 2 rings (SSSR count). The van der Waals surface area contributed by atoms with Gasteiger partial charge in [-0.05, 0) is 12.1 Å². The van der Waals surface area contributed by atoms with Crippen LogP contribution in [-0.4, -0.2) is 24.9 Å². The van der Waals surface area contributed by atoms with Crippen LogP contribution < -0.4 is 9.64 Å². The largest absolute Gasteiger partial charge is 0.482 e. The first-order chi connectivity index (χ1) is 6.83. The molecule has 0 spiro atoms. The summed E-state index contributed by atoms with van der Waals surface area (Å²) in [6.45, 7) is 0.634. The average molecular weight is 212 g/mol. The van der Waals surface area contributed by atoms with Gasteiger partial charge in [-0.1, -0.05) is 12.1 Å². The second-order valence-electron chi connectivity index (χ2n) is 2.99. The van der Waals surface area contributed by atoms with Crippen molar-refractivity contribution in [2.75, 3.05) is 23.9 Å². The molecule has 1 aliphatic heterocycles. The van der Waals surface area contributed by atoms with Gasteiger partial charge < -0.3 is 9.64 Å². The van der Waals surface area contributed by atoms with E-state index in [1.165, 1.54) is 0 Å². The molecule has 0 unspecified atom stereocenters. The van der Waals surface area contributed by atoms with E-state index in [2.05, 4.69) is 0 Å². The van der Waals surface area contributed by atoms with Gasteiger partial charge in [-0.25, -0.2) is 0 Å². The van der Waals surface area contributed by atoms with E-state index in [0.717, 1.165) is 11.4 Å². The number of benzene rings is 1. The second-order valence-corrected chi connectivity index (χ2v) is 3.37. The summed E-state index contributed by atoms with van der Waals surface area (Å²) in [5, 5.41) is 0. The molecular formula is C10H10ClNO2. The van der Waals surface area contributed by atoms with E-state index in [0.29, 0.717) is 12.4 Å². The van der Waals surface area contributed by atoms with Gasteiger partial charge in [0.15, 0.2) is 6.61 Å². The van der Waals surface area contributed by atoms with E-state index in [9.17, 15) is 4.79 Å². The summed E-state index contributed by atoms with van der Waals surface area (Å²) in [6.07, 6.45) is 0. The lowest BCUT2D eigenvalue weighted by Crippen LogP contribution is -2.39. The number of hydrogen-bond donors (Lipinski definition) is 0. The predicted octanol–water partition coefficient (Wildman–Crippen LogP) is 1.65.